The molecule has 0 aromatic carbocycles. The minimum absolute atomic E-state index is 0.225. The van der Waals surface area contributed by atoms with Crippen molar-refractivity contribution in [1.82, 2.24) is 0 Å². The van der Waals surface area contributed by atoms with Gasteiger partial charge in [0, 0.05) is 17.7 Å². The minimum atomic E-state index is -0.403. The van der Waals surface area contributed by atoms with Crippen LogP contribution in [0.15, 0.2) is 71.5 Å². The van der Waals surface area contributed by atoms with Gasteiger partial charge in [-0.3, -0.25) is 0 Å². The van der Waals surface area contributed by atoms with Gasteiger partial charge in [-0.25, -0.2) is 4.39 Å². The molecule has 4 heteroatoms. The van der Waals surface area contributed by atoms with Crippen LogP contribution in [-0.2, 0) is 9.47 Å². The van der Waals surface area contributed by atoms with Crippen molar-refractivity contribution in [3.63, 3.8) is 0 Å². The highest BCUT2D eigenvalue weighted by atomic mass is 19.1. The van der Waals surface area contributed by atoms with E-state index in [9.17, 15) is 4.39 Å². The largest absolute Gasteiger partial charge is 0.486 e. The Hall–Kier alpha value is -2.07. The average molecular weight is 289 g/mol. The lowest BCUT2D eigenvalue weighted by Gasteiger charge is -2.29. The summed E-state index contributed by atoms with van der Waals surface area (Å²) in [6.45, 7) is 6.09. The minimum Gasteiger partial charge on any atom is -0.486 e. The van der Waals surface area contributed by atoms with E-state index in [0.29, 0.717) is 42.2 Å². The standard InChI is InChI=1S/C17H20FNO2/c1-3-7-13(15(18)4-2)14-8-5-6-9-16-17(14)21-12(10-19)11-20-16/h3-5,7-9,12H,2,6,10-11,19H2,1H3/b7-3-,15-13-. The van der Waals surface area contributed by atoms with E-state index >= 15 is 0 Å². The first-order chi connectivity index (χ1) is 10.2. The third-order valence-electron chi connectivity index (χ3n) is 3.22. The highest BCUT2D eigenvalue weighted by Gasteiger charge is 2.27. The molecule has 0 amide bonds. The number of halogens is 1. The topological polar surface area (TPSA) is 44.5 Å². The van der Waals surface area contributed by atoms with Crippen molar-refractivity contribution in [2.45, 2.75) is 19.4 Å². The van der Waals surface area contributed by atoms with Gasteiger partial charge in [0.2, 0.25) is 0 Å². The van der Waals surface area contributed by atoms with Crippen LogP contribution in [0.3, 0.4) is 0 Å². The molecule has 0 spiro atoms. The van der Waals surface area contributed by atoms with Crippen LogP contribution in [0.2, 0.25) is 0 Å². The first-order valence-corrected chi connectivity index (χ1v) is 6.97. The maximum absolute atomic E-state index is 14.1. The second kappa shape index (κ2) is 7.09. The lowest BCUT2D eigenvalue weighted by molar-refractivity contribution is -0.00286. The van der Waals surface area contributed by atoms with Crippen LogP contribution in [0.25, 0.3) is 0 Å². The summed E-state index contributed by atoms with van der Waals surface area (Å²) in [4.78, 5) is 0. The summed E-state index contributed by atoms with van der Waals surface area (Å²) in [5.41, 5.74) is 6.72. The van der Waals surface area contributed by atoms with Crippen LogP contribution in [0.1, 0.15) is 13.3 Å². The van der Waals surface area contributed by atoms with Gasteiger partial charge in [0.05, 0.1) is 0 Å². The monoisotopic (exact) mass is 289 g/mol. The van der Waals surface area contributed by atoms with Crippen LogP contribution in [0.4, 0.5) is 4.39 Å². The molecule has 2 rings (SSSR count). The molecule has 1 aliphatic carbocycles. The zero-order valence-corrected chi connectivity index (χ0v) is 12.1. The van der Waals surface area contributed by atoms with E-state index in [2.05, 4.69) is 6.58 Å². The van der Waals surface area contributed by atoms with E-state index in [1.165, 1.54) is 6.08 Å². The molecule has 1 saturated heterocycles. The van der Waals surface area contributed by atoms with Gasteiger partial charge >= 0.3 is 0 Å². The van der Waals surface area contributed by atoms with Gasteiger partial charge in [0.25, 0.3) is 0 Å². The van der Waals surface area contributed by atoms with Gasteiger partial charge < -0.3 is 15.2 Å². The molecule has 0 radical (unpaired) electrons. The Morgan fingerprint density at radius 2 is 2.38 bits per heavy atom. The summed E-state index contributed by atoms with van der Waals surface area (Å²) in [6.07, 6.45) is 10.9. The van der Waals surface area contributed by atoms with Crippen LogP contribution in [0, 0.1) is 0 Å². The fraction of sp³-hybridized carbons (Fsp3) is 0.294. The van der Waals surface area contributed by atoms with Crippen molar-refractivity contribution in [3.05, 3.63) is 71.5 Å². The van der Waals surface area contributed by atoms with Gasteiger partial charge in [-0.2, -0.15) is 0 Å². The van der Waals surface area contributed by atoms with Crippen molar-refractivity contribution in [2.24, 2.45) is 5.73 Å². The number of ether oxygens (including phenoxy) is 2. The summed E-state index contributed by atoms with van der Waals surface area (Å²) in [5, 5.41) is 0. The molecular weight excluding hydrogens is 269 g/mol. The first-order valence-electron chi connectivity index (χ1n) is 6.97. The zero-order chi connectivity index (χ0) is 15.2. The molecule has 0 aromatic heterocycles. The Morgan fingerprint density at radius 1 is 1.57 bits per heavy atom. The quantitative estimate of drug-likeness (QED) is 0.806. The van der Waals surface area contributed by atoms with Gasteiger partial charge in [0.1, 0.15) is 18.5 Å². The highest BCUT2D eigenvalue weighted by Crippen LogP contribution is 2.33. The molecule has 0 saturated carbocycles. The van der Waals surface area contributed by atoms with Gasteiger partial charge in [-0.15, -0.1) is 0 Å². The Bertz CT molecular complexity index is 567. The Kier molecular flexibility index (Phi) is 5.17. The van der Waals surface area contributed by atoms with Gasteiger partial charge in [-0.05, 0) is 25.5 Å². The fourth-order valence-electron chi connectivity index (χ4n) is 2.19. The highest BCUT2D eigenvalue weighted by molar-refractivity contribution is 5.55. The SMILES string of the molecule is C=C/C(F)=C(\C=C/C)C1=C2OC(CN)COC2=CCC=C1. The molecule has 1 aliphatic heterocycles. The van der Waals surface area contributed by atoms with Crippen LogP contribution >= 0.6 is 0 Å². The molecule has 0 aromatic rings. The molecule has 112 valence electrons. The maximum atomic E-state index is 14.1. The van der Waals surface area contributed by atoms with E-state index in [1.54, 1.807) is 12.2 Å². The first kappa shape index (κ1) is 15.3. The molecular formula is C17H20FNO2. The van der Waals surface area contributed by atoms with Crippen molar-refractivity contribution in [2.75, 3.05) is 13.2 Å². The summed E-state index contributed by atoms with van der Waals surface area (Å²) in [7, 11) is 0. The van der Waals surface area contributed by atoms with E-state index in [0.717, 1.165) is 0 Å². The van der Waals surface area contributed by atoms with Gasteiger partial charge in [-0.1, -0.05) is 30.9 Å². The molecule has 2 aliphatic rings. The summed E-state index contributed by atoms with van der Waals surface area (Å²) in [6, 6.07) is 0. The molecule has 1 heterocycles. The predicted octanol–water partition coefficient (Wildman–Crippen LogP) is 3.44. The van der Waals surface area contributed by atoms with Crippen LogP contribution in [-0.4, -0.2) is 19.3 Å². The molecule has 1 unspecified atom stereocenters. The Labute approximate surface area is 124 Å². The normalized spacial score (nSPS) is 22.8. The molecule has 1 atom stereocenters. The molecule has 2 N–H and O–H groups in total. The lowest BCUT2D eigenvalue weighted by Crippen LogP contribution is -2.33. The molecule has 1 fully saturated rings. The number of hydrogen-bond donors (Lipinski definition) is 1. The molecule has 0 bridgehead atoms. The number of rotatable bonds is 4. The number of allylic oxidation sites excluding steroid dienone is 9. The van der Waals surface area contributed by atoms with Crippen molar-refractivity contribution in [3.8, 4) is 0 Å². The van der Waals surface area contributed by atoms with Crippen molar-refractivity contribution >= 4 is 0 Å². The van der Waals surface area contributed by atoms with Gasteiger partial charge in [0.15, 0.2) is 11.5 Å². The lowest BCUT2D eigenvalue weighted by atomic mass is 10.0. The smallest absolute Gasteiger partial charge is 0.169 e. The van der Waals surface area contributed by atoms with E-state index in [1.807, 2.05) is 25.2 Å². The van der Waals surface area contributed by atoms with Crippen LogP contribution in [0.5, 0.6) is 0 Å². The fourth-order valence-corrected chi connectivity index (χ4v) is 2.19. The second-order valence-corrected chi connectivity index (χ2v) is 4.70. The Balaban J connectivity index is 2.57. The summed E-state index contributed by atoms with van der Waals surface area (Å²) >= 11 is 0. The maximum Gasteiger partial charge on any atom is 0.169 e. The van der Waals surface area contributed by atoms with E-state index in [-0.39, 0.29) is 6.10 Å². The molecule has 3 nitrogen and oxygen atoms in total. The Morgan fingerprint density at radius 3 is 3.05 bits per heavy atom. The van der Waals surface area contributed by atoms with Crippen LogP contribution < -0.4 is 5.73 Å². The van der Waals surface area contributed by atoms with E-state index < -0.39 is 5.83 Å². The second-order valence-electron chi connectivity index (χ2n) is 4.70. The average Bonchev–Trinajstić information content (AvgIpc) is 2.73. The van der Waals surface area contributed by atoms with Crippen molar-refractivity contribution in [1.29, 1.82) is 0 Å². The predicted molar refractivity (Wildman–Crippen MR) is 81.9 cm³/mol. The number of nitrogens with two attached hydrogens (primary N) is 1. The third kappa shape index (κ3) is 3.34. The number of fused-ring (bicyclic) bond motifs is 1. The third-order valence-corrected chi connectivity index (χ3v) is 3.22. The van der Waals surface area contributed by atoms with E-state index in [4.69, 9.17) is 15.2 Å². The molecule has 21 heavy (non-hydrogen) atoms. The zero-order valence-electron chi connectivity index (χ0n) is 12.1. The number of hydrogen-bond acceptors (Lipinski definition) is 3. The summed E-state index contributed by atoms with van der Waals surface area (Å²) in [5.74, 6) is 0.772. The van der Waals surface area contributed by atoms with Crippen molar-refractivity contribution < 1.29 is 13.9 Å². The summed E-state index contributed by atoms with van der Waals surface area (Å²) < 4.78 is 25.7.